The van der Waals surface area contributed by atoms with Gasteiger partial charge in [-0.2, -0.15) is 0 Å². The third-order valence-corrected chi connectivity index (χ3v) is 11.2. The molecule has 3 nitrogen and oxygen atoms in total. The Labute approximate surface area is 330 Å². The van der Waals surface area contributed by atoms with Gasteiger partial charge < -0.3 is 4.57 Å². The maximum absolute atomic E-state index is 5.16. The maximum atomic E-state index is 5.16. The molecule has 0 N–H and O–H groups in total. The standard InChI is InChI=1S/C54H35N3/c1-3-15-39(16-4-1)49-35-50(56-54(55-49)40-17-5-2-6-18-40)46-33-32-42(44-21-9-10-22-45(44)46)38-28-26-36(27-29-38)41-30-31-48-47-23-11-12-24-52(47)57(53(48)34-41)51-25-13-19-37-14-7-8-20-43(37)51/h1-35H. The lowest BCUT2D eigenvalue weighted by Gasteiger charge is -2.14. The van der Waals surface area contributed by atoms with Crippen LogP contribution in [0, 0.1) is 0 Å². The molecule has 266 valence electrons. The van der Waals surface area contributed by atoms with Crippen molar-refractivity contribution in [1.82, 2.24) is 14.5 Å². The van der Waals surface area contributed by atoms with E-state index in [-0.39, 0.29) is 0 Å². The van der Waals surface area contributed by atoms with E-state index in [0.717, 1.165) is 33.5 Å². The van der Waals surface area contributed by atoms with Gasteiger partial charge in [0.1, 0.15) is 0 Å². The van der Waals surface area contributed by atoms with E-state index < -0.39 is 0 Å². The van der Waals surface area contributed by atoms with E-state index in [4.69, 9.17) is 9.97 Å². The van der Waals surface area contributed by atoms with Gasteiger partial charge >= 0.3 is 0 Å². The second kappa shape index (κ2) is 13.6. The van der Waals surface area contributed by atoms with Gasteiger partial charge in [-0.1, -0.05) is 188 Å². The summed E-state index contributed by atoms with van der Waals surface area (Å²) in [6.07, 6.45) is 0. The summed E-state index contributed by atoms with van der Waals surface area (Å²) in [4.78, 5) is 10.2. The Morgan fingerprint density at radius 1 is 0.298 bits per heavy atom. The summed E-state index contributed by atoms with van der Waals surface area (Å²) in [7, 11) is 0. The lowest BCUT2D eigenvalue weighted by molar-refractivity contribution is 1.18. The molecule has 0 amide bonds. The van der Waals surface area contributed by atoms with E-state index in [1.807, 2.05) is 24.3 Å². The van der Waals surface area contributed by atoms with Crippen molar-refractivity contribution in [2.24, 2.45) is 0 Å². The predicted molar refractivity (Wildman–Crippen MR) is 239 cm³/mol. The minimum absolute atomic E-state index is 0.714. The quantitative estimate of drug-likeness (QED) is 0.171. The second-order valence-electron chi connectivity index (χ2n) is 14.6. The third kappa shape index (κ3) is 5.68. The van der Waals surface area contributed by atoms with E-state index in [9.17, 15) is 0 Å². The number of hydrogen-bond donors (Lipinski definition) is 0. The fourth-order valence-corrected chi connectivity index (χ4v) is 8.49. The highest BCUT2D eigenvalue weighted by atomic mass is 15.0. The average Bonchev–Trinajstić information content (AvgIpc) is 3.62. The summed E-state index contributed by atoms with van der Waals surface area (Å²) in [5.74, 6) is 0.714. The van der Waals surface area contributed by atoms with Gasteiger partial charge in [-0.05, 0) is 62.7 Å². The van der Waals surface area contributed by atoms with Crippen LogP contribution in [0.1, 0.15) is 0 Å². The van der Waals surface area contributed by atoms with Gasteiger partial charge in [-0.3, -0.25) is 0 Å². The highest BCUT2D eigenvalue weighted by molar-refractivity contribution is 6.11. The first kappa shape index (κ1) is 32.8. The van der Waals surface area contributed by atoms with Crippen LogP contribution in [0.5, 0.6) is 0 Å². The molecule has 0 aliphatic rings. The molecule has 0 bridgehead atoms. The van der Waals surface area contributed by atoms with Crippen molar-refractivity contribution in [3.63, 3.8) is 0 Å². The molecule has 0 unspecified atom stereocenters. The predicted octanol–water partition coefficient (Wildman–Crippen LogP) is 14.2. The normalized spacial score (nSPS) is 11.5. The van der Waals surface area contributed by atoms with E-state index in [1.54, 1.807) is 0 Å². The van der Waals surface area contributed by atoms with E-state index in [1.165, 1.54) is 65.9 Å². The topological polar surface area (TPSA) is 30.7 Å². The second-order valence-corrected chi connectivity index (χ2v) is 14.6. The van der Waals surface area contributed by atoms with Gasteiger partial charge in [-0.15, -0.1) is 0 Å². The lowest BCUT2D eigenvalue weighted by atomic mass is 9.92. The van der Waals surface area contributed by atoms with Crippen LogP contribution in [-0.4, -0.2) is 14.5 Å². The Balaban J connectivity index is 1.00. The molecule has 11 aromatic rings. The van der Waals surface area contributed by atoms with Crippen LogP contribution in [0.25, 0.3) is 105 Å². The first-order valence-corrected chi connectivity index (χ1v) is 19.4. The number of aromatic nitrogens is 3. The number of para-hydroxylation sites is 1. The molecule has 0 atom stereocenters. The van der Waals surface area contributed by atoms with Crippen molar-refractivity contribution in [1.29, 1.82) is 0 Å². The molecule has 0 fully saturated rings. The molecule has 0 spiro atoms. The van der Waals surface area contributed by atoms with Crippen LogP contribution >= 0.6 is 0 Å². The molecule has 57 heavy (non-hydrogen) atoms. The zero-order valence-corrected chi connectivity index (χ0v) is 31.0. The summed E-state index contributed by atoms with van der Waals surface area (Å²) in [5.41, 5.74) is 13.3. The summed E-state index contributed by atoms with van der Waals surface area (Å²) >= 11 is 0. The summed E-state index contributed by atoms with van der Waals surface area (Å²) in [5, 5.41) is 7.32. The molecule has 2 aromatic heterocycles. The third-order valence-electron chi connectivity index (χ3n) is 11.2. The zero-order valence-electron chi connectivity index (χ0n) is 31.0. The van der Waals surface area contributed by atoms with Crippen molar-refractivity contribution in [2.45, 2.75) is 0 Å². The van der Waals surface area contributed by atoms with Crippen LogP contribution in [-0.2, 0) is 0 Å². The Morgan fingerprint density at radius 2 is 0.860 bits per heavy atom. The fraction of sp³-hybridized carbons (Fsp3) is 0. The largest absolute Gasteiger partial charge is 0.309 e. The van der Waals surface area contributed by atoms with Gasteiger partial charge in [0.15, 0.2) is 5.82 Å². The van der Waals surface area contributed by atoms with Gasteiger partial charge in [-0.25, -0.2) is 9.97 Å². The summed E-state index contributed by atoms with van der Waals surface area (Å²) in [6.45, 7) is 0. The molecular formula is C54H35N3. The SMILES string of the molecule is c1ccc(-c2cc(-c3ccc(-c4ccc(-c5ccc6c7ccccc7n(-c7cccc8ccccc78)c6c5)cc4)c4ccccc34)nc(-c3ccccc3)n2)cc1. The number of nitrogens with zero attached hydrogens (tertiary/aromatic N) is 3. The molecule has 0 aliphatic heterocycles. The van der Waals surface area contributed by atoms with Crippen molar-refractivity contribution in [2.75, 3.05) is 0 Å². The molecule has 0 radical (unpaired) electrons. The van der Waals surface area contributed by atoms with Crippen LogP contribution in [0.3, 0.4) is 0 Å². The Bertz CT molecular complexity index is 3210. The Kier molecular flexibility index (Phi) is 7.82. The van der Waals surface area contributed by atoms with E-state index in [2.05, 4.69) is 193 Å². The number of benzene rings is 9. The summed E-state index contributed by atoms with van der Waals surface area (Å²) in [6, 6.07) is 75.7. The highest BCUT2D eigenvalue weighted by Crippen LogP contribution is 2.39. The smallest absolute Gasteiger partial charge is 0.160 e. The average molecular weight is 726 g/mol. The monoisotopic (exact) mass is 725 g/mol. The van der Waals surface area contributed by atoms with Gasteiger partial charge in [0.2, 0.25) is 0 Å². The molecule has 3 heteroatoms. The number of fused-ring (bicyclic) bond motifs is 5. The van der Waals surface area contributed by atoms with Crippen LogP contribution < -0.4 is 0 Å². The molecule has 0 aliphatic carbocycles. The zero-order chi connectivity index (χ0) is 37.7. The van der Waals surface area contributed by atoms with Gasteiger partial charge in [0.25, 0.3) is 0 Å². The van der Waals surface area contributed by atoms with Crippen molar-refractivity contribution < 1.29 is 0 Å². The number of rotatable bonds is 6. The van der Waals surface area contributed by atoms with Gasteiger partial charge in [0.05, 0.1) is 28.1 Å². The molecule has 2 heterocycles. The van der Waals surface area contributed by atoms with Crippen LogP contribution in [0.4, 0.5) is 0 Å². The summed E-state index contributed by atoms with van der Waals surface area (Å²) < 4.78 is 2.43. The highest BCUT2D eigenvalue weighted by Gasteiger charge is 2.17. The molecular weight excluding hydrogens is 691 g/mol. The van der Waals surface area contributed by atoms with E-state index in [0.29, 0.717) is 5.82 Å². The Hall–Kier alpha value is -7.62. The van der Waals surface area contributed by atoms with Crippen LogP contribution in [0.15, 0.2) is 212 Å². The maximum Gasteiger partial charge on any atom is 0.160 e. The van der Waals surface area contributed by atoms with Crippen molar-refractivity contribution in [3.05, 3.63) is 212 Å². The minimum Gasteiger partial charge on any atom is -0.309 e. The molecule has 0 saturated heterocycles. The minimum atomic E-state index is 0.714. The first-order chi connectivity index (χ1) is 28.3. The Morgan fingerprint density at radius 3 is 1.65 bits per heavy atom. The van der Waals surface area contributed by atoms with Crippen LogP contribution in [0.2, 0.25) is 0 Å². The molecule has 11 rings (SSSR count). The fourth-order valence-electron chi connectivity index (χ4n) is 8.49. The van der Waals surface area contributed by atoms with Gasteiger partial charge in [0, 0.05) is 32.8 Å². The molecule has 9 aromatic carbocycles. The number of hydrogen-bond acceptors (Lipinski definition) is 2. The van der Waals surface area contributed by atoms with Crippen molar-refractivity contribution in [3.8, 4) is 61.8 Å². The molecule has 0 saturated carbocycles. The van der Waals surface area contributed by atoms with E-state index >= 15 is 0 Å². The lowest BCUT2D eigenvalue weighted by Crippen LogP contribution is -1.96. The first-order valence-electron chi connectivity index (χ1n) is 19.4. The van der Waals surface area contributed by atoms with Crippen molar-refractivity contribution >= 4 is 43.4 Å².